The molecular weight excluding hydrogens is 271 g/mol. The average molecular weight is 278 g/mol. The Hall–Kier alpha value is -0.780. The highest BCUT2D eigenvalue weighted by Crippen LogP contribution is 2.21. The molecule has 3 nitrogen and oxygen atoms in total. The van der Waals surface area contributed by atoms with Crippen LogP contribution < -0.4 is 4.74 Å². The van der Waals surface area contributed by atoms with Gasteiger partial charge in [0.1, 0.15) is 5.75 Å². The molecule has 0 unspecified atom stereocenters. The van der Waals surface area contributed by atoms with Crippen molar-refractivity contribution < 1.29 is 14.6 Å². The Bertz CT molecular complexity index is 309. The first-order chi connectivity index (χ1) is 5.65. The summed E-state index contributed by atoms with van der Waals surface area (Å²) in [6, 6.07) is 4.76. The summed E-state index contributed by atoms with van der Waals surface area (Å²) in [6.45, 7) is 0. The van der Waals surface area contributed by atoms with Crippen LogP contribution in [0.3, 0.4) is 0 Å². The van der Waals surface area contributed by atoms with E-state index >= 15 is 0 Å². The number of benzene rings is 1. The topological polar surface area (TPSA) is 46.5 Å². The number of methoxy groups -OCH3 is 1. The van der Waals surface area contributed by atoms with Crippen molar-refractivity contribution in [3.05, 3.63) is 27.3 Å². The summed E-state index contributed by atoms with van der Waals surface area (Å²) in [7, 11) is 1.52. The zero-order chi connectivity index (χ0) is 9.14. The Morgan fingerprint density at radius 3 is 2.75 bits per heavy atom. The number of carboxylic acid groups (broad SMARTS) is 1. The number of rotatable bonds is 2. The zero-order valence-corrected chi connectivity index (χ0v) is 8.53. The van der Waals surface area contributed by atoms with Crippen molar-refractivity contribution in [1.82, 2.24) is 0 Å². The van der Waals surface area contributed by atoms with Crippen LogP contribution in [-0.2, 0) is 0 Å². The predicted molar refractivity (Wildman–Crippen MR) is 52.7 cm³/mol. The van der Waals surface area contributed by atoms with Gasteiger partial charge in [-0.1, -0.05) is 0 Å². The van der Waals surface area contributed by atoms with Crippen LogP contribution in [0.4, 0.5) is 0 Å². The fourth-order valence-electron chi connectivity index (χ4n) is 0.793. The van der Waals surface area contributed by atoms with Crippen molar-refractivity contribution >= 4 is 28.6 Å². The van der Waals surface area contributed by atoms with Gasteiger partial charge in [-0.25, -0.2) is 4.79 Å². The highest BCUT2D eigenvalue weighted by Gasteiger charge is 2.06. The molecule has 64 valence electrons. The second-order valence-corrected chi connectivity index (χ2v) is 3.32. The van der Waals surface area contributed by atoms with E-state index in [1.54, 1.807) is 12.1 Å². The lowest BCUT2D eigenvalue weighted by Gasteiger charge is -2.03. The van der Waals surface area contributed by atoms with Crippen molar-refractivity contribution in [2.45, 2.75) is 0 Å². The molecule has 1 aromatic rings. The summed E-state index contributed by atoms with van der Waals surface area (Å²) >= 11 is 2.08. The molecule has 4 heteroatoms. The smallest absolute Gasteiger partial charge is 0.335 e. The molecule has 0 aromatic heterocycles. The minimum absolute atomic E-state index is 0.243. The van der Waals surface area contributed by atoms with Crippen LogP contribution >= 0.6 is 22.6 Å². The monoisotopic (exact) mass is 278 g/mol. The lowest BCUT2D eigenvalue weighted by molar-refractivity contribution is 0.0696. The van der Waals surface area contributed by atoms with Gasteiger partial charge in [0, 0.05) is 0 Å². The van der Waals surface area contributed by atoms with E-state index in [9.17, 15) is 4.79 Å². The zero-order valence-electron chi connectivity index (χ0n) is 6.37. The molecule has 0 fully saturated rings. The predicted octanol–water partition coefficient (Wildman–Crippen LogP) is 2.00. The molecule has 0 saturated carbocycles. The van der Waals surface area contributed by atoms with Crippen molar-refractivity contribution in [3.63, 3.8) is 0 Å². The molecule has 1 N–H and O–H groups in total. The largest absolute Gasteiger partial charge is 0.496 e. The fraction of sp³-hybridized carbons (Fsp3) is 0.125. The first kappa shape index (κ1) is 9.31. The standard InChI is InChI=1S/C8H7IO3/c1-12-7-4-5(8(10)11)2-3-6(7)9/h2-4H,1H3,(H,10,11). The maximum Gasteiger partial charge on any atom is 0.335 e. The third-order valence-electron chi connectivity index (χ3n) is 1.40. The number of hydrogen-bond acceptors (Lipinski definition) is 2. The Balaban J connectivity index is 3.13. The summed E-state index contributed by atoms with van der Waals surface area (Å²) in [5, 5.41) is 8.64. The molecule has 0 saturated heterocycles. The van der Waals surface area contributed by atoms with Crippen molar-refractivity contribution in [2.75, 3.05) is 7.11 Å². The van der Waals surface area contributed by atoms with E-state index < -0.39 is 5.97 Å². The summed E-state index contributed by atoms with van der Waals surface area (Å²) < 4.78 is 5.87. The van der Waals surface area contributed by atoms with E-state index in [1.165, 1.54) is 13.2 Å². The molecule has 0 aliphatic carbocycles. The molecule has 0 atom stereocenters. The van der Waals surface area contributed by atoms with Gasteiger partial charge in [-0.2, -0.15) is 0 Å². The SMILES string of the molecule is COc1cc(C(=O)O)ccc1I. The number of halogens is 1. The minimum Gasteiger partial charge on any atom is -0.496 e. The van der Waals surface area contributed by atoms with Crippen LogP contribution in [0, 0.1) is 3.57 Å². The number of carbonyl (C=O) groups is 1. The molecule has 1 aromatic carbocycles. The molecule has 1 rings (SSSR count). The fourth-order valence-corrected chi connectivity index (χ4v) is 1.35. The van der Waals surface area contributed by atoms with Crippen molar-refractivity contribution in [1.29, 1.82) is 0 Å². The minimum atomic E-state index is -0.940. The molecule has 0 heterocycles. The molecule has 12 heavy (non-hydrogen) atoms. The summed E-state index contributed by atoms with van der Waals surface area (Å²) in [6.07, 6.45) is 0. The summed E-state index contributed by atoms with van der Waals surface area (Å²) in [5.74, 6) is -0.347. The van der Waals surface area contributed by atoms with E-state index in [2.05, 4.69) is 22.6 Å². The van der Waals surface area contributed by atoms with Gasteiger partial charge < -0.3 is 9.84 Å². The lowest BCUT2D eigenvalue weighted by Crippen LogP contribution is -1.97. The number of hydrogen-bond donors (Lipinski definition) is 1. The number of carboxylic acids is 1. The van der Waals surface area contributed by atoms with E-state index in [0.717, 1.165) is 3.57 Å². The molecule has 0 bridgehead atoms. The molecule has 0 spiro atoms. The Kier molecular flexibility index (Phi) is 2.91. The average Bonchev–Trinajstić information content (AvgIpc) is 2.05. The van der Waals surface area contributed by atoms with E-state index in [1.807, 2.05) is 0 Å². The summed E-state index contributed by atoms with van der Waals surface area (Å²) in [4.78, 5) is 10.5. The van der Waals surface area contributed by atoms with E-state index in [0.29, 0.717) is 5.75 Å². The lowest BCUT2D eigenvalue weighted by atomic mass is 10.2. The van der Waals surface area contributed by atoms with Gasteiger partial charge in [-0.05, 0) is 40.8 Å². The van der Waals surface area contributed by atoms with Crippen LogP contribution in [0.1, 0.15) is 10.4 Å². The number of aromatic carboxylic acids is 1. The highest BCUT2D eigenvalue weighted by molar-refractivity contribution is 14.1. The van der Waals surface area contributed by atoms with Crippen molar-refractivity contribution in [2.24, 2.45) is 0 Å². The Morgan fingerprint density at radius 1 is 1.58 bits per heavy atom. The van der Waals surface area contributed by atoms with Crippen LogP contribution in [0.5, 0.6) is 5.75 Å². The molecule has 0 radical (unpaired) electrons. The number of ether oxygens (including phenoxy) is 1. The maximum absolute atomic E-state index is 10.5. The van der Waals surface area contributed by atoms with Crippen LogP contribution in [-0.4, -0.2) is 18.2 Å². The van der Waals surface area contributed by atoms with Gasteiger partial charge in [0.05, 0.1) is 16.2 Å². The maximum atomic E-state index is 10.5. The Labute approximate surface area is 83.5 Å². The van der Waals surface area contributed by atoms with Gasteiger partial charge in [0.2, 0.25) is 0 Å². The third kappa shape index (κ3) is 1.88. The van der Waals surface area contributed by atoms with Gasteiger partial charge >= 0.3 is 5.97 Å². The van der Waals surface area contributed by atoms with Gasteiger partial charge in [0.15, 0.2) is 0 Å². The van der Waals surface area contributed by atoms with Crippen LogP contribution in [0.15, 0.2) is 18.2 Å². The van der Waals surface area contributed by atoms with Gasteiger partial charge in [-0.3, -0.25) is 0 Å². The van der Waals surface area contributed by atoms with Crippen LogP contribution in [0.2, 0.25) is 0 Å². The first-order valence-corrected chi connectivity index (χ1v) is 4.30. The molecule has 0 aliphatic heterocycles. The third-order valence-corrected chi connectivity index (χ3v) is 2.29. The Morgan fingerprint density at radius 2 is 2.25 bits per heavy atom. The second kappa shape index (κ2) is 3.75. The molecule has 0 amide bonds. The highest BCUT2D eigenvalue weighted by atomic mass is 127. The second-order valence-electron chi connectivity index (χ2n) is 2.15. The van der Waals surface area contributed by atoms with E-state index in [4.69, 9.17) is 9.84 Å². The normalized spacial score (nSPS) is 9.50. The van der Waals surface area contributed by atoms with Crippen LogP contribution in [0.25, 0.3) is 0 Å². The van der Waals surface area contributed by atoms with Gasteiger partial charge in [-0.15, -0.1) is 0 Å². The van der Waals surface area contributed by atoms with E-state index in [-0.39, 0.29) is 5.56 Å². The quantitative estimate of drug-likeness (QED) is 0.841. The molecular formula is C8H7IO3. The molecule has 0 aliphatic rings. The van der Waals surface area contributed by atoms with Crippen molar-refractivity contribution in [3.8, 4) is 5.75 Å². The first-order valence-electron chi connectivity index (χ1n) is 3.22. The summed E-state index contributed by atoms with van der Waals surface area (Å²) in [5.41, 5.74) is 0.243. The van der Waals surface area contributed by atoms with Gasteiger partial charge in [0.25, 0.3) is 0 Å².